The Labute approximate surface area is 193 Å². The van der Waals surface area contributed by atoms with Crippen LogP contribution in [-0.4, -0.2) is 23.6 Å². The summed E-state index contributed by atoms with van der Waals surface area (Å²) >= 11 is 1.86. The number of para-hydroxylation sites is 1. The summed E-state index contributed by atoms with van der Waals surface area (Å²) in [5, 5.41) is 4.28. The second-order valence-electron chi connectivity index (χ2n) is 7.63. The average Bonchev–Trinajstić information content (AvgIpc) is 3.17. The molecule has 4 nitrogen and oxygen atoms in total. The van der Waals surface area contributed by atoms with Crippen LogP contribution in [0.2, 0.25) is 0 Å². The summed E-state index contributed by atoms with van der Waals surface area (Å²) in [5.41, 5.74) is 4.51. The van der Waals surface area contributed by atoms with Crippen LogP contribution in [0.15, 0.2) is 83.9 Å². The molecule has 0 radical (unpaired) electrons. The Bertz CT molecular complexity index is 1200. The molecule has 5 heteroatoms. The van der Waals surface area contributed by atoms with E-state index in [0.29, 0.717) is 25.3 Å². The maximum absolute atomic E-state index is 12.5. The number of carbonyl (C=O) groups excluding carboxylic acids is 1. The third kappa shape index (κ3) is 5.17. The fraction of sp³-hybridized carbons (Fsp3) is 0.222. The highest BCUT2D eigenvalue weighted by atomic mass is 32.2. The smallest absolute Gasteiger partial charge is 0.251 e. The standard InChI is InChI=1S/C27H28N2O2S/c1-3-31-23-14-12-21(13-15-23)27(30)28-16-17-29-18-26(24-10-6-7-11-25(24)29)32-19-22-9-5-4-8-20(22)2/h4-15,18H,3,16-17,19H2,1-2H3,(H,28,30). The molecule has 0 spiro atoms. The Morgan fingerprint density at radius 3 is 2.53 bits per heavy atom. The van der Waals surface area contributed by atoms with E-state index in [2.05, 4.69) is 71.5 Å². The van der Waals surface area contributed by atoms with Crippen LogP contribution in [0.5, 0.6) is 5.75 Å². The zero-order valence-corrected chi connectivity index (χ0v) is 19.3. The van der Waals surface area contributed by atoms with Gasteiger partial charge in [0, 0.05) is 46.4 Å². The first-order valence-corrected chi connectivity index (χ1v) is 11.9. The van der Waals surface area contributed by atoms with Gasteiger partial charge in [-0.1, -0.05) is 42.5 Å². The summed E-state index contributed by atoms with van der Waals surface area (Å²) in [5.74, 6) is 1.65. The van der Waals surface area contributed by atoms with Gasteiger partial charge in [-0.25, -0.2) is 0 Å². The van der Waals surface area contributed by atoms with Gasteiger partial charge < -0.3 is 14.6 Å². The van der Waals surface area contributed by atoms with Crippen molar-refractivity contribution in [2.24, 2.45) is 0 Å². The van der Waals surface area contributed by atoms with E-state index in [1.807, 2.05) is 30.8 Å². The van der Waals surface area contributed by atoms with E-state index in [0.717, 1.165) is 11.5 Å². The molecule has 0 aliphatic heterocycles. The van der Waals surface area contributed by atoms with Crippen molar-refractivity contribution >= 4 is 28.6 Å². The molecule has 0 atom stereocenters. The van der Waals surface area contributed by atoms with E-state index in [9.17, 15) is 4.79 Å². The maximum atomic E-state index is 12.5. The summed E-state index contributed by atoms with van der Waals surface area (Å²) in [4.78, 5) is 13.8. The Balaban J connectivity index is 1.41. The highest BCUT2D eigenvalue weighted by Gasteiger charge is 2.10. The van der Waals surface area contributed by atoms with Gasteiger partial charge in [0.25, 0.3) is 5.91 Å². The highest BCUT2D eigenvalue weighted by molar-refractivity contribution is 7.98. The number of aryl methyl sites for hydroxylation is 1. The Morgan fingerprint density at radius 2 is 1.75 bits per heavy atom. The zero-order chi connectivity index (χ0) is 22.3. The van der Waals surface area contributed by atoms with E-state index < -0.39 is 0 Å². The normalized spacial score (nSPS) is 10.9. The molecule has 32 heavy (non-hydrogen) atoms. The summed E-state index contributed by atoms with van der Waals surface area (Å²) < 4.78 is 7.67. The molecule has 4 aromatic rings. The molecule has 3 aromatic carbocycles. The van der Waals surface area contributed by atoms with Gasteiger partial charge in [0.15, 0.2) is 0 Å². The van der Waals surface area contributed by atoms with Crippen LogP contribution in [0.1, 0.15) is 28.4 Å². The van der Waals surface area contributed by atoms with Crippen molar-refractivity contribution in [2.75, 3.05) is 13.2 Å². The number of aromatic nitrogens is 1. The predicted octanol–water partition coefficient (Wildman–Crippen LogP) is 6.07. The third-order valence-corrected chi connectivity index (χ3v) is 6.55. The molecular weight excluding hydrogens is 416 g/mol. The average molecular weight is 445 g/mol. The number of nitrogens with one attached hydrogen (secondary N) is 1. The van der Waals surface area contributed by atoms with Gasteiger partial charge in [0.2, 0.25) is 0 Å². The first-order valence-electron chi connectivity index (χ1n) is 10.9. The Hall–Kier alpha value is -3.18. The molecule has 1 N–H and O–H groups in total. The molecule has 0 unspecified atom stereocenters. The molecule has 0 aliphatic carbocycles. The van der Waals surface area contributed by atoms with E-state index in [1.165, 1.54) is 26.9 Å². The van der Waals surface area contributed by atoms with E-state index in [4.69, 9.17) is 4.74 Å². The van der Waals surface area contributed by atoms with Crippen LogP contribution >= 0.6 is 11.8 Å². The first-order chi connectivity index (χ1) is 15.7. The van der Waals surface area contributed by atoms with Crippen LogP contribution in [0.4, 0.5) is 0 Å². The lowest BCUT2D eigenvalue weighted by Gasteiger charge is -2.08. The number of carbonyl (C=O) groups is 1. The minimum absolute atomic E-state index is 0.0707. The molecule has 0 fully saturated rings. The lowest BCUT2D eigenvalue weighted by atomic mass is 10.1. The molecule has 0 saturated carbocycles. The number of ether oxygens (including phenoxy) is 1. The number of amides is 1. The number of benzene rings is 3. The largest absolute Gasteiger partial charge is 0.494 e. The topological polar surface area (TPSA) is 43.3 Å². The molecule has 1 amide bonds. The van der Waals surface area contributed by atoms with Crippen molar-refractivity contribution in [3.05, 3.63) is 95.7 Å². The van der Waals surface area contributed by atoms with E-state index in [1.54, 1.807) is 12.1 Å². The molecule has 0 bridgehead atoms. The first kappa shape index (κ1) is 22.0. The predicted molar refractivity (Wildman–Crippen MR) is 133 cm³/mol. The molecule has 1 heterocycles. The fourth-order valence-electron chi connectivity index (χ4n) is 3.70. The van der Waals surface area contributed by atoms with Gasteiger partial charge in [-0.2, -0.15) is 0 Å². The van der Waals surface area contributed by atoms with E-state index in [-0.39, 0.29) is 5.91 Å². The van der Waals surface area contributed by atoms with Crippen LogP contribution in [0.3, 0.4) is 0 Å². The van der Waals surface area contributed by atoms with Crippen molar-refractivity contribution in [2.45, 2.75) is 31.0 Å². The molecule has 0 saturated heterocycles. The lowest BCUT2D eigenvalue weighted by molar-refractivity contribution is 0.0952. The van der Waals surface area contributed by atoms with Gasteiger partial charge >= 0.3 is 0 Å². The van der Waals surface area contributed by atoms with Crippen LogP contribution in [0.25, 0.3) is 10.9 Å². The maximum Gasteiger partial charge on any atom is 0.251 e. The second-order valence-corrected chi connectivity index (χ2v) is 8.65. The fourth-order valence-corrected chi connectivity index (χ4v) is 4.87. The highest BCUT2D eigenvalue weighted by Crippen LogP contribution is 2.32. The van der Waals surface area contributed by atoms with Gasteiger partial charge in [-0.3, -0.25) is 4.79 Å². The number of hydrogen-bond acceptors (Lipinski definition) is 3. The van der Waals surface area contributed by atoms with E-state index >= 15 is 0 Å². The minimum atomic E-state index is -0.0707. The SMILES string of the molecule is CCOc1ccc(C(=O)NCCn2cc(SCc3ccccc3C)c3ccccc32)cc1. The van der Waals surface area contributed by atoms with Crippen LogP contribution < -0.4 is 10.1 Å². The van der Waals surface area contributed by atoms with Crippen molar-refractivity contribution in [3.63, 3.8) is 0 Å². The molecule has 164 valence electrons. The number of hydrogen-bond donors (Lipinski definition) is 1. The summed E-state index contributed by atoms with van der Waals surface area (Å²) in [7, 11) is 0. The van der Waals surface area contributed by atoms with Gasteiger partial charge in [0.1, 0.15) is 5.75 Å². The van der Waals surface area contributed by atoms with Gasteiger partial charge in [-0.15, -0.1) is 11.8 Å². The zero-order valence-electron chi connectivity index (χ0n) is 18.5. The van der Waals surface area contributed by atoms with Crippen molar-refractivity contribution in [3.8, 4) is 5.75 Å². The van der Waals surface area contributed by atoms with Crippen molar-refractivity contribution in [1.82, 2.24) is 9.88 Å². The lowest BCUT2D eigenvalue weighted by Crippen LogP contribution is -2.27. The third-order valence-electron chi connectivity index (χ3n) is 5.46. The van der Waals surface area contributed by atoms with Crippen molar-refractivity contribution in [1.29, 1.82) is 0 Å². The number of nitrogens with zero attached hydrogens (tertiary/aromatic N) is 1. The summed E-state index contributed by atoms with van der Waals surface area (Å²) in [6, 6.07) is 24.2. The second kappa shape index (κ2) is 10.4. The van der Waals surface area contributed by atoms with Crippen LogP contribution in [0, 0.1) is 6.92 Å². The molecule has 4 rings (SSSR count). The quantitative estimate of drug-likeness (QED) is 0.319. The molecule has 0 aliphatic rings. The summed E-state index contributed by atoms with van der Waals surface area (Å²) in [6.45, 7) is 5.99. The minimum Gasteiger partial charge on any atom is -0.494 e. The molecular formula is C27H28N2O2S. The van der Waals surface area contributed by atoms with Gasteiger partial charge in [-0.05, 0) is 55.3 Å². The number of thioether (sulfide) groups is 1. The Kier molecular flexibility index (Phi) is 7.17. The van der Waals surface area contributed by atoms with Crippen LogP contribution in [-0.2, 0) is 12.3 Å². The van der Waals surface area contributed by atoms with Crippen molar-refractivity contribution < 1.29 is 9.53 Å². The molecule has 1 aromatic heterocycles. The van der Waals surface area contributed by atoms with Gasteiger partial charge in [0.05, 0.1) is 6.61 Å². The number of rotatable bonds is 9. The Morgan fingerprint density at radius 1 is 1.00 bits per heavy atom. The summed E-state index contributed by atoms with van der Waals surface area (Å²) in [6.07, 6.45) is 2.21. The monoisotopic (exact) mass is 444 g/mol. The number of fused-ring (bicyclic) bond motifs is 1.